The van der Waals surface area contributed by atoms with E-state index in [0.717, 1.165) is 26.2 Å². The van der Waals surface area contributed by atoms with Gasteiger partial charge in [0.05, 0.1) is 11.6 Å². The maximum Gasteiger partial charge on any atom is 0.0991 e. The third-order valence-corrected chi connectivity index (χ3v) is 4.67. The molecule has 3 rings (SSSR count). The van der Waals surface area contributed by atoms with E-state index in [-0.39, 0.29) is 11.5 Å². The zero-order chi connectivity index (χ0) is 13.3. The second kappa shape index (κ2) is 4.84. The Bertz CT molecular complexity index is 482. The van der Waals surface area contributed by atoms with E-state index in [1.165, 1.54) is 18.5 Å². The molecule has 0 bridgehead atoms. The molecular formula is C15H20N4. The van der Waals surface area contributed by atoms with Gasteiger partial charge in [0.2, 0.25) is 0 Å². The van der Waals surface area contributed by atoms with E-state index in [9.17, 15) is 0 Å². The van der Waals surface area contributed by atoms with Crippen LogP contribution >= 0.6 is 0 Å². The van der Waals surface area contributed by atoms with Gasteiger partial charge in [-0.3, -0.25) is 0 Å². The summed E-state index contributed by atoms with van der Waals surface area (Å²) in [4.78, 5) is 2.37. The van der Waals surface area contributed by atoms with Crippen LogP contribution in [0.4, 0.5) is 5.69 Å². The molecule has 100 valence electrons. The van der Waals surface area contributed by atoms with Crippen LogP contribution in [0, 0.1) is 16.7 Å². The van der Waals surface area contributed by atoms with Crippen LogP contribution in [0.25, 0.3) is 0 Å². The number of anilines is 1. The molecule has 0 amide bonds. The molecule has 3 N–H and O–H groups in total. The lowest BCUT2D eigenvalue weighted by atomic mass is 9.75. The third kappa shape index (κ3) is 2.20. The maximum absolute atomic E-state index is 8.84. The molecule has 1 aromatic rings. The molecule has 19 heavy (non-hydrogen) atoms. The lowest BCUT2D eigenvalue weighted by Crippen LogP contribution is -2.47. The smallest absolute Gasteiger partial charge is 0.0991 e. The SMILES string of the molecule is N#Cc1ccc(N2C[C@@H](N)C3(CCNCC3)C2)cc1. The summed E-state index contributed by atoms with van der Waals surface area (Å²) >= 11 is 0. The second-order valence-electron chi connectivity index (χ2n) is 5.76. The predicted molar refractivity (Wildman–Crippen MR) is 75.9 cm³/mol. The van der Waals surface area contributed by atoms with E-state index in [1.807, 2.05) is 24.3 Å². The highest BCUT2D eigenvalue weighted by Gasteiger charge is 2.45. The molecular weight excluding hydrogens is 236 g/mol. The van der Waals surface area contributed by atoms with Gasteiger partial charge in [0.25, 0.3) is 0 Å². The first-order valence-corrected chi connectivity index (χ1v) is 6.95. The van der Waals surface area contributed by atoms with E-state index >= 15 is 0 Å². The van der Waals surface area contributed by atoms with Gasteiger partial charge in [-0.15, -0.1) is 0 Å². The van der Waals surface area contributed by atoms with Crippen LogP contribution in [0.1, 0.15) is 18.4 Å². The number of nitrogens with zero attached hydrogens (tertiary/aromatic N) is 2. The number of hydrogen-bond donors (Lipinski definition) is 2. The highest BCUT2D eigenvalue weighted by molar-refractivity contribution is 5.51. The van der Waals surface area contributed by atoms with Gasteiger partial charge in [-0.2, -0.15) is 5.26 Å². The van der Waals surface area contributed by atoms with Crippen molar-refractivity contribution in [2.24, 2.45) is 11.1 Å². The third-order valence-electron chi connectivity index (χ3n) is 4.67. The van der Waals surface area contributed by atoms with Crippen molar-refractivity contribution in [1.82, 2.24) is 5.32 Å². The monoisotopic (exact) mass is 256 g/mol. The van der Waals surface area contributed by atoms with Crippen molar-refractivity contribution in [3.05, 3.63) is 29.8 Å². The number of piperidine rings is 1. The van der Waals surface area contributed by atoms with Crippen molar-refractivity contribution in [3.8, 4) is 6.07 Å². The van der Waals surface area contributed by atoms with Crippen LogP contribution < -0.4 is 16.0 Å². The Morgan fingerprint density at radius 1 is 1.26 bits per heavy atom. The molecule has 2 aliphatic heterocycles. The van der Waals surface area contributed by atoms with Crippen molar-refractivity contribution in [2.75, 3.05) is 31.1 Å². The number of rotatable bonds is 1. The number of nitrogens with one attached hydrogen (secondary N) is 1. The minimum Gasteiger partial charge on any atom is -0.369 e. The van der Waals surface area contributed by atoms with Crippen LogP contribution in [-0.4, -0.2) is 32.2 Å². The minimum atomic E-state index is 0.255. The van der Waals surface area contributed by atoms with Gasteiger partial charge in [0.1, 0.15) is 0 Å². The Morgan fingerprint density at radius 2 is 1.95 bits per heavy atom. The summed E-state index contributed by atoms with van der Waals surface area (Å²) < 4.78 is 0. The summed E-state index contributed by atoms with van der Waals surface area (Å²) in [6, 6.07) is 10.2. The van der Waals surface area contributed by atoms with Gasteiger partial charge in [0.15, 0.2) is 0 Å². The first-order chi connectivity index (χ1) is 9.23. The Hall–Kier alpha value is -1.57. The number of nitrogens with two attached hydrogens (primary N) is 1. The van der Waals surface area contributed by atoms with Crippen LogP contribution in [0.15, 0.2) is 24.3 Å². The first kappa shape index (κ1) is 12.5. The fourth-order valence-electron chi connectivity index (χ4n) is 3.39. The van der Waals surface area contributed by atoms with Gasteiger partial charge in [0, 0.05) is 30.2 Å². The van der Waals surface area contributed by atoms with Gasteiger partial charge in [-0.05, 0) is 50.2 Å². The van der Waals surface area contributed by atoms with Gasteiger partial charge in [-0.1, -0.05) is 0 Å². The number of benzene rings is 1. The van der Waals surface area contributed by atoms with Crippen molar-refractivity contribution in [2.45, 2.75) is 18.9 Å². The molecule has 0 aliphatic carbocycles. The number of hydrogen-bond acceptors (Lipinski definition) is 4. The molecule has 2 aliphatic rings. The summed E-state index contributed by atoms with van der Waals surface area (Å²) in [5.74, 6) is 0. The van der Waals surface area contributed by atoms with Crippen LogP contribution in [0.2, 0.25) is 0 Å². The molecule has 2 fully saturated rings. The quantitative estimate of drug-likeness (QED) is 0.789. The Labute approximate surface area is 114 Å². The normalized spacial score (nSPS) is 25.5. The molecule has 4 heteroatoms. The van der Waals surface area contributed by atoms with Gasteiger partial charge >= 0.3 is 0 Å². The van der Waals surface area contributed by atoms with E-state index < -0.39 is 0 Å². The summed E-state index contributed by atoms with van der Waals surface area (Å²) in [7, 11) is 0. The standard InChI is InChI=1S/C15H20N4/c16-9-12-1-3-13(4-2-12)19-10-14(17)15(11-19)5-7-18-8-6-15/h1-4,14,18H,5-8,10-11,17H2/t14-/m1/s1. The van der Waals surface area contributed by atoms with Crippen LogP contribution in [0.3, 0.4) is 0 Å². The summed E-state index contributed by atoms with van der Waals surface area (Å²) in [6.07, 6.45) is 2.34. The van der Waals surface area contributed by atoms with Crippen LogP contribution in [0.5, 0.6) is 0 Å². The Balaban J connectivity index is 1.78. The molecule has 0 saturated carbocycles. The van der Waals surface area contributed by atoms with Gasteiger partial charge in [-0.25, -0.2) is 0 Å². The fraction of sp³-hybridized carbons (Fsp3) is 0.533. The number of nitriles is 1. The maximum atomic E-state index is 8.84. The average Bonchev–Trinajstić information content (AvgIpc) is 2.77. The fourth-order valence-corrected chi connectivity index (χ4v) is 3.39. The lowest BCUT2D eigenvalue weighted by molar-refractivity contribution is 0.205. The summed E-state index contributed by atoms with van der Waals surface area (Å²) in [6.45, 7) is 4.12. The van der Waals surface area contributed by atoms with Gasteiger partial charge < -0.3 is 16.0 Å². The highest BCUT2D eigenvalue weighted by atomic mass is 15.2. The topological polar surface area (TPSA) is 65.1 Å². The molecule has 2 heterocycles. The van der Waals surface area contributed by atoms with E-state index in [1.54, 1.807) is 0 Å². The van der Waals surface area contributed by atoms with E-state index in [2.05, 4.69) is 16.3 Å². The van der Waals surface area contributed by atoms with E-state index in [0.29, 0.717) is 5.56 Å². The Kier molecular flexibility index (Phi) is 3.17. The highest BCUT2D eigenvalue weighted by Crippen LogP contribution is 2.39. The average molecular weight is 256 g/mol. The zero-order valence-corrected chi connectivity index (χ0v) is 11.1. The second-order valence-corrected chi connectivity index (χ2v) is 5.76. The van der Waals surface area contributed by atoms with Crippen molar-refractivity contribution < 1.29 is 0 Å². The molecule has 0 unspecified atom stereocenters. The lowest BCUT2D eigenvalue weighted by Gasteiger charge is -2.36. The molecule has 0 radical (unpaired) electrons. The summed E-state index contributed by atoms with van der Waals surface area (Å²) in [5.41, 5.74) is 8.58. The molecule has 0 aromatic heterocycles. The predicted octanol–water partition coefficient (Wildman–Crippen LogP) is 1.08. The molecule has 1 spiro atoms. The molecule has 4 nitrogen and oxygen atoms in total. The molecule has 1 atom stereocenters. The first-order valence-electron chi connectivity index (χ1n) is 6.95. The van der Waals surface area contributed by atoms with Crippen molar-refractivity contribution in [1.29, 1.82) is 5.26 Å². The van der Waals surface area contributed by atoms with E-state index in [4.69, 9.17) is 11.0 Å². The zero-order valence-electron chi connectivity index (χ0n) is 11.1. The van der Waals surface area contributed by atoms with Crippen molar-refractivity contribution in [3.63, 3.8) is 0 Å². The minimum absolute atomic E-state index is 0.255. The largest absolute Gasteiger partial charge is 0.369 e. The van der Waals surface area contributed by atoms with Crippen molar-refractivity contribution >= 4 is 5.69 Å². The Morgan fingerprint density at radius 3 is 2.58 bits per heavy atom. The molecule has 2 saturated heterocycles. The summed E-state index contributed by atoms with van der Waals surface area (Å²) in [5, 5.41) is 12.3. The molecule has 1 aromatic carbocycles. The van der Waals surface area contributed by atoms with Crippen LogP contribution in [-0.2, 0) is 0 Å².